The lowest BCUT2D eigenvalue weighted by Crippen LogP contribution is -2.11. The van der Waals surface area contributed by atoms with Crippen LogP contribution in [0.4, 0.5) is 0 Å². The van der Waals surface area contributed by atoms with Crippen LogP contribution >= 0.6 is 0 Å². The minimum Gasteiger partial charge on any atom is -0.319 e. The second-order valence-corrected chi connectivity index (χ2v) is 2.81. The van der Waals surface area contributed by atoms with E-state index in [9.17, 15) is 0 Å². The molecule has 1 unspecified atom stereocenters. The summed E-state index contributed by atoms with van der Waals surface area (Å²) < 4.78 is 0. The largest absolute Gasteiger partial charge is 0.319 e. The molecule has 0 bridgehead atoms. The van der Waals surface area contributed by atoms with Gasteiger partial charge in [-0.05, 0) is 17.7 Å². The highest BCUT2D eigenvalue weighted by atomic mass is 15.1. The van der Waals surface area contributed by atoms with E-state index < -0.39 is 0 Å². The molecular formula is C10H10N3. The zero-order valence-electron chi connectivity index (χ0n) is 7.07. The molecule has 0 saturated carbocycles. The molecule has 1 atom stereocenters. The molecule has 13 heavy (non-hydrogen) atoms. The SMILES string of the molecule is NC(c1cc[c]cc1)c1cc[nH]n1. The first-order valence-electron chi connectivity index (χ1n) is 4.09. The van der Waals surface area contributed by atoms with Gasteiger partial charge in [0.05, 0.1) is 11.7 Å². The number of aromatic nitrogens is 2. The second kappa shape index (κ2) is 3.41. The molecule has 1 aromatic heterocycles. The van der Waals surface area contributed by atoms with Gasteiger partial charge in [0.1, 0.15) is 0 Å². The molecule has 0 amide bonds. The Morgan fingerprint density at radius 3 is 2.69 bits per heavy atom. The van der Waals surface area contributed by atoms with Gasteiger partial charge in [-0.3, -0.25) is 5.10 Å². The summed E-state index contributed by atoms with van der Waals surface area (Å²) in [6, 6.07) is 12.3. The Bertz CT molecular complexity index is 353. The number of hydrogen-bond donors (Lipinski definition) is 2. The van der Waals surface area contributed by atoms with Gasteiger partial charge in [0, 0.05) is 6.20 Å². The predicted octanol–water partition coefficient (Wildman–Crippen LogP) is 1.26. The smallest absolute Gasteiger partial charge is 0.0834 e. The topological polar surface area (TPSA) is 54.7 Å². The Morgan fingerprint density at radius 2 is 2.08 bits per heavy atom. The van der Waals surface area contributed by atoms with Crippen molar-refractivity contribution in [2.75, 3.05) is 0 Å². The van der Waals surface area contributed by atoms with E-state index in [0.717, 1.165) is 11.3 Å². The number of aromatic amines is 1. The highest BCUT2D eigenvalue weighted by molar-refractivity contribution is 5.25. The van der Waals surface area contributed by atoms with Crippen molar-refractivity contribution >= 4 is 0 Å². The molecule has 3 N–H and O–H groups in total. The number of benzene rings is 1. The Balaban J connectivity index is 2.29. The first-order chi connectivity index (χ1) is 6.38. The van der Waals surface area contributed by atoms with E-state index in [1.807, 2.05) is 30.3 Å². The van der Waals surface area contributed by atoms with Gasteiger partial charge in [0.25, 0.3) is 0 Å². The highest BCUT2D eigenvalue weighted by Gasteiger charge is 2.09. The summed E-state index contributed by atoms with van der Waals surface area (Å²) in [6.07, 6.45) is 1.77. The number of nitrogens with two attached hydrogens (primary N) is 1. The Morgan fingerprint density at radius 1 is 1.31 bits per heavy atom. The molecule has 2 aromatic rings. The fraction of sp³-hybridized carbons (Fsp3) is 0.100. The van der Waals surface area contributed by atoms with E-state index in [1.165, 1.54) is 0 Å². The summed E-state index contributed by atoms with van der Waals surface area (Å²) in [4.78, 5) is 0. The molecule has 1 heterocycles. The van der Waals surface area contributed by atoms with Gasteiger partial charge in [-0.2, -0.15) is 5.10 Å². The van der Waals surface area contributed by atoms with Crippen LogP contribution in [0.1, 0.15) is 17.3 Å². The first-order valence-corrected chi connectivity index (χ1v) is 4.09. The third kappa shape index (κ3) is 1.60. The fourth-order valence-electron chi connectivity index (χ4n) is 1.22. The van der Waals surface area contributed by atoms with Gasteiger partial charge < -0.3 is 5.73 Å². The third-order valence-electron chi connectivity index (χ3n) is 1.94. The Hall–Kier alpha value is -1.61. The molecule has 0 saturated heterocycles. The van der Waals surface area contributed by atoms with Crippen molar-refractivity contribution in [1.29, 1.82) is 0 Å². The van der Waals surface area contributed by atoms with Crippen molar-refractivity contribution in [2.24, 2.45) is 5.73 Å². The van der Waals surface area contributed by atoms with Crippen LogP contribution in [0, 0.1) is 6.07 Å². The molecule has 3 nitrogen and oxygen atoms in total. The van der Waals surface area contributed by atoms with E-state index in [2.05, 4.69) is 16.3 Å². The lowest BCUT2D eigenvalue weighted by Gasteiger charge is -2.07. The second-order valence-electron chi connectivity index (χ2n) is 2.81. The average Bonchev–Trinajstić information content (AvgIpc) is 2.71. The summed E-state index contributed by atoms with van der Waals surface area (Å²) in [7, 11) is 0. The van der Waals surface area contributed by atoms with Crippen LogP contribution in [-0.4, -0.2) is 10.2 Å². The van der Waals surface area contributed by atoms with Gasteiger partial charge in [-0.25, -0.2) is 0 Å². The molecule has 65 valence electrons. The van der Waals surface area contributed by atoms with Crippen molar-refractivity contribution in [2.45, 2.75) is 6.04 Å². The van der Waals surface area contributed by atoms with E-state index >= 15 is 0 Å². The monoisotopic (exact) mass is 172 g/mol. The van der Waals surface area contributed by atoms with Crippen LogP contribution < -0.4 is 5.73 Å². The molecule has 0 fully saturated rings. The van der Waals surface area contributed by atoms with E-state index in [0.29, 0.717) is 0 Å². The number of nitrogens with zero attached hydrogens (tertiary/aromatic N) is 1. The van der Waals surface area contributed by atoms with Crippen LogP contribution in [-0.2, 0) is 0 Å². The summed E-state index contributed by atoms with van der Waals surface area (Å²) in [5.74, 6) is 0. The van der Waals surface area contributed by atoms with E-state index in [4.69, 9.17) is 5.73 Å². The number of rotatable bonds is 2. The Labute approximate surface area is 76.6 Å². The molecule has 0 aliphatic heterocycles. The Kier molecular flexibility index (Phi) is 2.10. The molecule has 2 rings (SSSR count). The molecule has 1 radical (unpaired) electrons. The van der Waals surface area contributed by atoms with Crippen LogP contribution in [0.15, 0.2) is 36.5 Å². The van der Waals surface area contributed by atoms with Gasteiger partial charge in [0.2, 0.25) is 0 Å². The molecule has 0 aliphatic rings. The maximum atomic E-state index is 5.96. The van der Waals surface area contributed by atoms with Gasteiger partial charge >= 0.3 is 0 Å². The molecule has 0 spiro atoms. The van der Waals surface area contributed by atoms with E-state index in [1.54, 1.807) is 6.20 Å². The molecule has 0 aliphatic carbocycles. The fourth-order valence-corrected chi connectivity index (χ4v) is 1.22. The maximum Gasteiger partial charge on any atom is 0.0834 e. The van der Waals surface area contributed by atoms with Crippen molar-refractivity contribution in [3.05, 3.63) is 53.9 Å². The van der Waals surface area contributed by atoms with Crippen LogP contribution in [0.25, 0.3) is 0 Å². The normalized spacial score (nSPS) is 12.7. The molecular weight excluding hydrogens is 162 g/mol. The summed E-state index contributed by atoms with van der Waals surface area (Å²) in [5.41, 5.74) is 7.86. The number of H-pyrrole nitrogens is 1. The first kappa shape index (κ1) is 8.01. The maximum absolute atomic E-state index is 5.96. The van der Waals surface area contributed by atoms with Gasteiger partial charge in [-0.1, -0.05) is 24.3 Å². The summed E-state index contributed by atoms with van der Waals surface area (Å²) >= 11 is 0. The summed E-state index contributed by atoms with van der Waals surface area (Å²) in [5, 5.41) is 6.77. The lowest BCUT2D eigenvalue weighted by atomic mass is 10.1. The van der Waals surface area contributed by atoms with Crippen molar-refractivity contribution in [1.82, 2.24) is 10.2 Å². The zero-order valence-corrected chi connectivity index (χ0v) is 7.07. The molecule has 3 heteroatoms. The molecule has 1 aromatic carbocycles. The van der Waals surface area contributed by atoms with Crippen molar-refractivity contribution in [3.63, 3.8) is 0 Å². The quantitative estimate of drug-likeness (QED) is 0.716. The lowest BCUT2D eigenvalue weighted by molar-refractivity contribution is 0.816. The number of nitrogens with one attached hydrogen (secondary N) is 1. The van der Waals surface area contributed by atoms with Crippen molar-refractivity contribution < 1.29 is 0 Å². The average molecular weight is 172 g/mol. The van der Waals surface area contributed by atoms with Crippen LogP contribution in [0.3, 0.4) is 0 Å². The summed E-state index contributed by atoms with van der Waals surface area (Å²) in [6.45, 7) is 0. The van der Waals surface area contributed by atoms with Crippen LogP contribution in [0.5, 0.6) is 0 Å². The van der Waals surface area contributed by atoms with Crippen molar-refractivity contribution in [3.8, 4) is 0 Å². The van der Waals surface area contributed by atoms with Gasteiger partial charge in [-0.15, -0.1) is 0 Å². The highest BCUT2D eigenvalue weighted by Crippen LogP contribution is 2.15. The van der Waals surface area contributed by atoms with Gasteiger partial charge in [0.15, 0.2) is 0 Å². The zero-order chi connectivity index (χ0) is 9.10. The van der Waals surface area contributed by atoms with E-state index in [-0.39, 0.29) is 6.04 Å². The standard InChI is InChI=1S/C10H10N3/c11-10(9-6-7-12-13-9)8-4-2-1-3-5-8/h2-7,10H,11H2,(H,12,13). The minimum absolute atomic E-state index is 0.152. The number of hydrogen-bond acceptors (Lipinski definition) is 2. The minimum atomic E-state index is -0.152. The third-order valence-corrected chi connectivity index (χ3v) is 1.94. The van der Waals surface area contributed by atoms with Crippen LogP contribution in [0.2, 0.25) is 0 Å². The predicted molar refractivity (Wildman–Crippen MR) is 49.9 cm³/mol.